The number of hydrogen-bond acceptors (Lipinski definition) is 1. The van der Waals surface area contributed by atoms with Crippen molar-refractivity contribution in [1.29, 1.82) is 0 Å². The second-order valence-electron chi connectivity index (χ2n) is 5.97. The Morgan fingerprint density at radius 1 is 0.880 bits per heavy atom. The van der Waals surface area contributed by atoms with Crippen LogP contribution in [-0.2, 0) is 6.42 Å². The van der Waals surface area contributed by atoms with E-state index < -0.39 is 0 Å². The number of aromatic nitrogens is 1. The highest BCUT2D eigenvalue weighted by Gasteiger charge is 2.13. The van der Waals surface area contributed by atoms with Crippen LogP contribution in [0.3, 0.4) is 0 Å². The molecule has 1 heterocycles. The molecular weight excluding hydrogens is 394 g/mol. The third-order valence-electron chi connectivity index (χ3n) is 4.28. The van der Waals surface area contributed by atoms with E-state index in [1.807, 2.05) is 30.5 Å². The van der Waals surface area contributed by atoms with Gasteiger partial charge in [-0.3, -0.25) is 4.98 Å². The molecule has 1 nitrogen and oxygen atoms in total. The number of para-hydroxylation sites is 1. The fourth-order valence-corrected chi connectivity index (χ4v) is 3.79. The molecule has 4 aromatic rings. The fraction of sp³-hybridized carbons (Fsp3) is 0.0455. The van der Waals surface area contributed by atoms with Gasteiger partial charge in [-0.1, -0.05) is 82.1 Å². The lowest BCUT2D eigenvalue weighted by atomic mass is 9.93. The Hall–Kier alpha value is -2.16. The van der Waals surface area contributed by atoms with E-state index in [0.29, 0.717) is 5.02 Å². The van der Waals surface area contributed by atoms with Crippen LogP contribution in [0.1, 0.15) is 11.1 Å². The van der Waals surface area contributed by atoms with Gasteiger partial charge in [0.25, 0.3) is 0 Å². The lowest BCUT2D eigenvalue weighted by molar-refractivity contribution is 1.17. The van der Waals surface area contributed by atoms with Gasteiger partial charge in [0.1, 0.15) is 0 Å². The first-order chi connectivity index (χ1) is 12.2. The van der Waals surface area contributed by atoms with Gasteiger partial charge in [0.15, 0.2) is 0 Å². The lowest BCUT2D eigenvalue weighted by Crippen LogP contribution is -1.96. The molecule has 122 valence electrons. The summed E-state index contributed by atoms with van der Waals surface area (Å²) in [6.07, 6.45) is 2.79. The van der Waals surface area contributed by atoms with Crippen LogP contribution in [0.15, 0.2) is 83.5 Å². The Bertz CT molecular complexity index is 1040. The third kappa shape index (κ3) is 3.33. The average Bonchev–Trinajstić information content (AvgIpc) is 2.62. The maximum Gasteiger partial charge on any atom is 0.0894 e. The summed E-state index contributed by atoms with van der Waals surface area (Å²) in [5.74, 6) is 0. The molecule has 0 spiro atoms. The molecule has 0 atom stereocenters. The molecule has 0 unspecified atom stereocenters. The van der Waals surface area contributed by atoms with Crippen LogP contribution >= 0.6 is 27.5 Å². The second-order valence-corrected chi connectivity index (χ2v) is 7.29. The molecule has 1 aromatic heterocycles. The van der Waals surface area contributed by atoms with Crippen molar-refractivity contribution in [3.05, 3.63) is 99.6 Å². The summed E-state index contributed by atoms with van der Waals surface area (Å²) in [5.41, 5.74) is 5.66. The molecule has 0 aliphatic rings. The van der Waals surface area contributed by atoms with E-state index in [9.17, 15) is 0 Å². The van der Waals surface area contributed by atoms with E-state index in [1.165, 1.54) is 16.7 Å². The van der Waals surface area contributed by atoms with E-state index in [-0.39, 0.29) is 0 Å². The Balaban J connectivity index is 1.98. The van der Waals surface area contributed by atoms with E-state index in [4.69, 9.17) is 11.6 Å². The molecule has 4 rings (SSSR count). The van der Waals surface area contributed by atoms with Crippen molar-refractivity contribution >= 4 is 38.4 Å². The quantitative estimate of drug-likeness (QED) is 0.359. The predicted octanol–water partition coefficient (Wildman–Crippen LogP) is 6.91. The monoisotopic (exact) mass is 407 g/mol. The predicted molar refractivity (Wildman–Crippen MR) is 109 cm³/mol. The topological polar surface area (TPSA) is 12.9 Å². The van der Waals surface area contributed by atoms with Crippen LogP contribution in [0.25, 0.3) is 22.0 Å². The van der Waals surface area contributed by atoms with Gasteiger partial charge < -0.3 is 0 Å². The smallest absolute Gasteiger partial charge is 0.0894 e. The van der Waals surface area contributed by atoms with Gasteiger partial charge in [0.2, 0.25) is 0 Å². The first kappa shape index (κ1) is 16.3. The van der Waals surface area contributed by atoms with Crippen LogP contribution in [0.5, 0.6) is 0 Å². The SMILES string of the molecule is Clc1cccc2c(-c3cccc(Br)c3)c(Cc3ccccc3)cnc12. The van der Waals surface area contributed by atoms with Crippen molar-refractivity contribution < 1.29 is 0 Å². The Kier molecular flexibility index (Phi) is 4.56. The summed E-state index contributed by atoms with van der Waals surface area (Å²) >= 11 is 9.98. The summed E-state index contributed by atoms with van der Waals surface area (Å²) in [6.45, 7) is 0. The zero-order valence-electron chi connectivity index (χ0n) is 13.4. The molecule has 0 aliphatic carbocycles. The van der Waals surface area contributed by atoms with Crippen molar-refractivity contribution in [1.82, 2.24) is 4.98 Å². The van der Waals surface area contributed by atoms with Crippen LogP contribution in [0.4, 0.5) is 0 Å². The summed E-state index contributed by atoms with van der Waals surface area (Å²) in [7, 11) is 0. The molecule has 0 radical (unpaired) electrons. The maximum atomic E-state index is 6.39. The molecule has 0 fully saturated rings. The van der Waals surface area contributed by atoms with Gasteiger partial charge in [-0.2, -0.15) is 0 Å². The summed E-state index contributed by atoms with van der Waals surface area (Å²) in [6, 6.07) is 24.8. The largest absolute Gasteiger partial charge is 0.254 e. The maximum absolute atomic E-state index is 6.39. The Morgan fingerprint density at radius 2 is 1.68 bits per heavy atom. The first-order valence-corrected chi connectivity index (χ1v) is 9.25. The van der Waals surface area contributed by atoms with Gasteiger partial charge in [0, 0.05) is 16.1 Å². The minimum absolute atomic E-state index is 0.681. The molecule has 0 bridgehead atoms. The summed E-state index contributed by atoms with van der Waals surface area (Å²) in [4.78, 5) is 4.64. The Labute approximate surface area is 160 Å². The van der Waals surface area contributed by atoms with E-state index >= 15 is 0 Å². The zero-order valence-corrected chi connectivity index (χ0v) is 15.8. The number of pyridine rings is 1. The van der Waals surface area contributed by atoms with E-state index in [1.54, 1.807) is 0 Å². The lowest BCUT2D eigenvalue weighted by Gasteiger charge is -2.14. The van der Waals surface area contributed by atoms with E-state index in [2.05, 4.69) is 69.4 Å². The molecule has 0 saturated carbocycles. The molecule has 25 heavy (non-hydrogen) atoms. The summed E-state index contributed by atoms with van der Waals surface area (Å²) < 4.78 is 1.06. The second kappa shape index (κ2) is 6.99. The molecule has 3 aromatic carbocycles. The van der Waals surface area contributed by atoms with Crippen LogP contribution in [-0.4, -0.2) is 4.98 Å². The van der Waals surface area contributed by atoms with Crippen molar-refractivity contribution in [3.8, 4) is 11.1 Å². The van der Waals surface area contributed by atoms with Crippen LogP contribution in [0.2, 0.25) is 5.02 Å². The standard InChI is InChI=1S/C22H15BrClN/c23-18-9-4-8-16(13-18)21-17(12-15-6-2-1-3-7-15)14-25-22-19(21)10-5-11-20(22)24/h1-11,13-14H,12H2. The average molecular weight is 409 g/mol. The van der Waals surface area contributed by atoms with Crippen molar-refractivity contribution in [2.75, 3.05) is 0 Å². The highest BCUT2D eigenvalue weighted by molar-refractivity contribution is 9.10. The van der Waals surface area contributed by atoms with Crippen molar-refractivity contribution in [3.63, 3.8) is 0 Å². The van der Waals surface area contributed by atoms with Gasteiger partial charge in [-0.15, -0.1) is 0 Å². The van der Waals surface area contributed by atoms with Crippen molar-refractivity contribution in [2.45, 2.75) is 6.42 Å². The number of hydrogen-bond donors (Lipinski definition) is 0. The highest BCUT2D eigenvalue weighted by atomic mass is 79.9. The number of rotatable bonds is 3. The van der Waals surface area contributed by atoms with E-state index in [0.717, 1.165) is 27.4 Å². The molecule has 3 heteroatoms. The van der Waals surface area contributed by atoms with Crippen LogP contribution in [0, 0.1) is 0 Å². The molecule has 0 N–H and O–H groups in total. The third-order valence-corrected chi connectivity index (χ3v) is 5.08. The van der Waals surface area contributed by atoms with Gasteiger partial charge >= 0.3 is 0 Å². The molecule has 0 aliphatic heterocycles. The fourth-order valence-electron chi connectivity index (χ4n) is 3.16. The highest BCUT2D eigenvalue weighted by Crippen LogP contribution is 2.35. The molecule has 0 amide bonds. The zero-order chi connectivity index (χ0) is 17.2. The van der Waals surface area contributed by atoms with Crippen LogP contribution < -0.4 is 0 Å². The Morgan fingerprint density at radius 3 is 2.48 bits per heavy atom. The first-order valence-electron chi connectivity index (χ1n) is 8.08. The minimum atomic E-state index is 0.681. The minimum Gasteiger partial charge on any atom is -0.254 e. The number of halogens is 2. The molecule has 0 saturated heterocycles. The number of fused-ring (bicyclic) bond motifs is 1. The van der Waals surface area contributed by atoms with Crippen molar-refractivity contribution in [2.24, 2.45) is 0 Å². The van der Waals surface area contributed by atoms with Gasteiger partial charge in [-0.05, 0) is 46.9 Å². The van der Waals surface area contributed by atoms with Gasteiger partial charge in [0.05, 0.1) is 10.5 Å². The number of nitrogens with zero attached hydrogens (tertiary/aromatic N) is 1. The van der Waals surface area contributed by atoms with Gasteiger partial charge in [-0.25, -0.2) is 0 Å². The normalized spacial score (nSPS) is 11.0. The summed E-state index contributed by atoms with van der Waals surface area (Å²) in [5, 5.41) is 1.76. The molecular formula is C22H15BrClN. The number of benzene rings is 3.